The second-order valence-electron chi connectivity index (χ2n) is 4.85. The van der Waals surface area contributed by atoms with Crippen molar-refractivity contribution in [1.29, 1.82) is 0 Å². The number of ether oxygens (including phenoxy) is 2. The molecule has 1 aromatic carbocycles. The number of benzene rings is 1. The third-order valence-corrected chi connectivity index (χ3v) is 3.56. The van der Waals surface area contributed by atoms with E-state index in [1.165, 1.54) is 0 Å². The molecule has 4 nitrogen and oxygen atoms in total. The van der Waals surface area contributed by atoms with Crippen LogP contribution in [0.1, 0.15) is 11.3 Å². The van der Waals surface area contributed by atoms with Gasteiger partial charge >= 0.3 is 0 Å². The van der Waals surface area contributed by atoms with Gasteiger partial charge in [-0.2, -0.15) is 0 Å². The average Bonchev–Trinajstić information content (AvgIpc) is 2.53. The summed E-state index contributed by atoms with van der Waals surface area (Å²) in [4.78, 5) is 4.27. The van der Waals surface area contributed by atoms with E-state index in [0.717, 1.165) is 36.5 Å². The zero-order valence-electron chi connectivity index (χ0n) is 11.6. The van der Waals surface area contributed by atoms with Gasteiger partial charge in [-0.15, -0.1) is 0 Å². The van der Waals surface area contributed by atoms with Crippen molar-refractivity contribution in [2.24, 2.45) is 0 Å². The number of hydrogen-bond acceptors (Lipinski definition) is 4. The number of nitrogens with zero attached hydrogens (tertiary/aromatic N) is 1. The lowest BCUT2D eigenvalue weighted by Crippen LogP contribution is -2.18. The Morgan fingerprint density at radius 1 is 1.19 bits per heavy atom. The van der Waals surface area contributed by atoms with E-state index in [1.54, 1.807) is 6.20 Å². The van der Waals surface area contributed by atoms with Crippen LogP contribution in [0.3, 0.4) is 0 Å². The molecule has 5 heteroatoms. The van der Waals surface area contributed by atoms with Gasteiger partial charge in [0.2, 0.25) is 0 Å². The highest BCUT2D eigenvalue weighted by Crippen LogP contribution is 2.38. The van der Waals surface area contributed by atoms with E-state index in [-0.39, 0.29) is 0 Å². The lowest BCUT2D eigenvalue weighted by Gasteiger charge is -2.20. The molecule has 0 unspecified atom stereocenters. The highest BCUT2D eigenvalue weighted by molar-refractivity contribution is 6.32. The molecule has 1 aliphatic rings. The van der Waals surface area contributed by atoms with Crippen molar-refractivity contribution in [2.45, 2.75) is 13.0 Å². The van der Waals surface area contributed by atoms with E-state index in [2.05, 4.69) is 10.3 Å². The molecule has 2 heterocycles. The molecular formula is C16H17ClN2O2. The first-order valence-corrected chi connectivity index (χ1v) is 7.39. The summed E-state index contributed by atoms with van der Waals surface area (Å²) in [7, 11) is 0. The molecule has 0 saturated carbocycles. The molecule has 2 aromatic rings. The summed E-state index contributed by atoms with van der Waals surface area (Å²) in [6, 6.07) is 9.86. The molecule has 0 bridgehead atoms. The zero-order chi connectivity index (χ0) is 14.5. The fourth-order valence-electron chi connectivity index (χ4n) is 2.26. The van der Waals surface area contributed by atoms with E-state index < -0.39 is 0 Å². The third-order valence-electron chi connectivity index (χ3n) is 3.28. The molecule has 0 radical (unpaired) electrons. The van der Waals surface area contributed by atoms with Crippen LogP contribution in [0.5, 0.6) is 11.5 Å². The van der Waals surface area contributed by atoms with Gasteiger partial charge in [0.25, 0.3) is 0 Å². The fraction of sp³-hybridized carbons (Fsp3) is 0.312. The SMILES string of the molecule is Clc1cc(CCNCc2ccccn2)cc2c1OCCO2. The fourth-order valence-corrected chi connectivity index (χ4v) is 2.55. The molecule has 0 aliphatic carbocycles. The van der Waals surface area contributed by atoms with Crippen LogP contribution < -0.4 is 14.8 Å². The van der Waals surface area contributed by atoms with Crippen molar-refractivity contribution in [2.75, 3.05) is 19.8 Å². The quantitative estimate of drug-likeness (QED) is 0.863. The van der Waals surface area contributed by atoms with E-state index in [1.807, 2.05) is 30.3 Å². The van der Waals surface area contributed by atoms with Crippen LogP contribution in [0.4, 0.5) is 0 Å². The first-order valence-electron chi connectivity index (χ1n) is 7.01. The first-order chi connectivity index (χ1) is 10.3. The Kier molecular flexibility index (Phi) is 4.58. The van der Waals surface area contributed by atoms with Gasteiger partial charge in [0.05, 0.1) is 10.7 Å². The van der Waals surface area contributed by atoms with E-state index in [4.69, 9.17) is 21.1 Å². The highest BCUT2D eigenvalue weighted by Gasteiger charge is 2.16. The van der Waals surface area contributed by atoms with Gasteiger partial charge in [-0.1, -0.05) is 17.7 Å². The van der Waals surface area contributed by atoms with Gasteiger partial charge in [0.15, 0.2) is 11.5 Å². The number of nitrogens with one attached hydrogen (secondary N) is 1. The average molecular weight is 305 g/mol. The number of fused-ring (bicyclic) bond motifs is 1. The van der Waals surface area contributed by atoms with Crippen LogP contribution in [0.15, 0.2) is 36.5 Å². The largest absolute Gasteiger partial charge is 0.486 e. The standard InChI is InChI=1S/C16H17ClN2O2/c17-14-9-12(10-15-16(14)21-8-7-20-15)4-6-18-11-13-3-1-2-5-19-13/h1-3,5,9-10,18H,4,6-8,11H2. The molecule has 0 amide bonds. The van der Waals surface area contributed by atoms with Crippen molar-refractivity contribution in [3.63, 3.8) is 0 Å². The molecule has 0 fully saturated rings. The van der Waals surface area contributed by atoms with Crippen molar-refractivity contribution < 1.29 is 9.47 Å². The summed E-state index contributed by atoms with van der Waals surface area (Å²) < 4.78 is 11.1. The predicted molar refractivity (Wildman–Crippen MR) is 82.1 cm³/mol. The Morgan fingerprint density at radius 3 is 2.95 bits per heavy atom. The van der Waals surface area contributed by atoms with Crippen LogP contribution in [-0.4, -0.2) is 24.7 Å². The maximum absolute atomic E-state index is 6.22. The van der Waals surface area contributed by atoms with Crippen LogP contribution in [0.25, 0.3) is 0 Å². The summed E-state index contributed by atoms with van der Waals surface area (Å²) in [5.41, 5.74) is 2.18. The molecule has 0 spiro atoms. The van der Waals surface area contributed by atoms with E-state index >= 15 is 0 Å². The molecule has 1 N–H and O–H groups in total. The van der Waals surface area contributed by atoms with Crippen LogP contribution >= 0.6 is 11.6 Å². The smallest absolute Gasteiger partial charge is 0.179 e. The minimum atomic E-state index is 0.553. The maximum atomic E-state index is 6.22. The van der Waals surface area contributed by atoms with Gasteiger partial charge in [-0.05, 0) is 42.8 Å². The van der Waals surface area contributed by atoms with Crippen LogP contribution in [0, 0.1) is 0 Å². The maximum Gasteiger partial charge on any atom is 0.179 e. The normalized spacial score (nSPS) is 13.2. The Bertz CT molecular complexity index is 605. The Balaban J connectivity index is 1.55. The number of halogens is 1. The lowest BCUT2D eigenvalue weighted by atomic mass is 10.1. The van der Waals surface area contributed by atoms with Crippen molar-refractivity contribution in [1.82, 2.24) is 10.3 Å². The predicted octanol–water partition coefficient (Wildman–Crippen LogP) is 2.84. The Morgan fingerprint density at radius 2 is 2.10 bits per heavy atom. The minimum absolute atomic E-state index is 0.553. The number of pyridine rings is 1. The molecule has 0 saturated heterocycles. The van der Waals surface area contributed by atoms with E-state index in [0.29, 0.717) is 24.0 Å². The van der Waals surface area contributed by atoms with Gasteiger partial charge in [-0.3, -0.25) is 4.98 Å². The van der Waals surface area contributed by atoms with Crippen molar-refractivity contribution in [3.05, 3.63) is 52.8 Å². The molecular weight excluding hydrogens is 288 g/mol. The Hall–Kier alpha value is -1.78. The summed E-state index contributed by atoms with van der Waals surface area (Å²) in [5, 5.41) is 3.99. The summed E-state index contributed by atoms with van der Waals surface area (Å²) in [6.45, 7) is 2.74. The summed E-state index contributed by atoms with van der Waals surface area (Å²) >= 11 is 6.22. The minimum Gasteiger partial charge on any atom is -0.486 e. The highest BCUT2D eigenvalue weighted by atomic mass is 35.5. The molecule has 3 rings (SSSR count). The van der Waals surface area contributed by atoms with Crippen LogP contribution in [-0.2, 0) is 13.0 Å². The molecule has 1 aliphatic heterocycles. The molecule has 0 atom stereocenters. The second kappa shape index (κ2) is 6.78. The van der Waals surface area contributed by atoms with Gasteiger partial charge in [0, 0.05) is 12.7 Å². The summed E-state index contributed by atoms with van der Waals surface area (Å²) in [5.74, 6) is 1.40. The van der Waals surface area contributed by atoms with Crippen molar-refractivity contribution >= 4 is 11.6 Å². The lowest BCUT2D eigenvalue weighted by molar-refractivity contribution is 0.171. The second-order valence-corrected chi connectivity index (χ2v) is 5.26. The van der Waals surface area contributed by atoms with Gasteiger partial charge in [-0.25, -0.2) is 0 Å². The number of rotatable bonds is 5. The summed E-state index contributed by atoms with van der Waals surface area (Å²) in [6.07, 6.45) is 2.68. The van der Waals surface area contributed by atoms with Crippen molar-refractivity contribution in [3.8, 4) is 11.5 Å². The molecule has 110 valence electrons. The number of hydrogen-bond donors (Lipinski definition) is 1. The monoisotopic (exact) mass is 304 g/mol. The zero-order valence-corrected chi connectivity index (χ0v) is 12.4. The molecule has 1 aromatic heterocycles. The van der Waals surface area contributed by atoms with E-state index in [9.17, 15) is 0 Å². The molecule has 21 heavy (non-hydrogen) atoms. The van der Waals surface area contributed by atoms with Gasteiger partial charge < -0.3 is 14.8 Å². The number of aromatic nitrogens is 1. The first kappa shape index (κ1) is 14.2. The van der Waals surface area contributed by atoms with Gasteiger partial charge in [0.1, 0.15) is 13.2 Å². The topological polar surface area (TPSA) is 43.4 Å². The third kappa shape index (κ3) is 3.65. The van der Waals surface area contributed by atoms with Crippen LogP contribution in [0.2, 0.25) is 5.02 Å². The Labute approximate surface area is 129 Å².